The van der Waals surface area contributed by atoms with E-state index in [1.54, 1.807) is 6.20 Å². The highest BCUT2D eigenvalue weighted by Crippen LogP contribution is 2.24. The van der Waals surface area contributed by atoms with Gasteiger partial charge in [-0.05, 0) is 17.9 Å². The van der Waals surface area contributed by atoms with Crippen LogP contribution in [-0.4, -0.2) is 4.98 Å². The van der Waals surface area contributed by atoms with E-state index in [1.807, 2.05) is 18.2 Å². The van der Waals surface area contributed by atoms with Gasteiger partial charge in [0, 0.05) is 18.0 Å². The normalized spacial score (nSPS) is 12.2. The van der Waals surface area contributed by atoms with E-state index in [0.29, 0.717) is 6.42 Å². The van der Waals surface area contributed by atoms with E-state index < -0.39 is 0 Å². The van der Waals surface area contributed by atoms with Gasteiger partial charge < -0.3 is 0 Å². The zero-order valence-corrected chi connectivity index (χ0v) is 9.56. The Bertz CT molecular complexity index is 537. The predicted molar refractivity (Wildman–Crippen MR) is 69.9 cm³/mol. The third-order valence-corrected chi connectivity index (χ3v) is 2.81. The number of hydrazine groups is 1. The number of aromatic nitrogens is 1. The molecule has 0 bridgehead atoms. The number of nitrogens with one attached hydrogen (secondary N) is 1. The molecule has 0 spiro atoms. The molecule has 0 saturated heterocycles. The van der Waals surface area contributed by atoms with E-state index >= 15 is 0 Å². The number of nitrogens with two attached hydrogens (primary N) is 1. The van der Waals surface area contributed by atoms with Crippen LogP contribution in [0.5, 0.6) is 0 Å². The molecule has 1 unspecified atom stereocenters. The molecule has 0 amide bonds. The summed E-state index contributed by atoms with van der Waals surface area (Å²) in [6.07, 6.45) is 8.55. The maximum absolute atomic E-state index is 5.58. The minimum Gasteiger partial charge on any atom is -0.271 e. The molecule has 0 aliphatic carbocycles. The SMILES string of the molecule is C#CCCC(NN)c1nccc2ccccc12. The zero-order chi connectivity index (χ0) is 12.1. The quantitative estimate of drug-likeness (QED) is 0.476. The number of terminal acetylenes is 1. The second-order valence-electron chi connectivity index (χ2n) is 3.88. The Kier molecular flexibility index (Phi) is 3.71. The van der Waals surface area contributed by atoms with E-state index in [1.165, 1.54) is 5.39 Å². The highest BCUT2D eigenvalue weighted by atomic mass is 15.2. The van der Waals surface area contributed by atoms with Gasteiger partial charge in [-0.3, -0.25) is 16.3 Å². The van der Waals surface area contributed by atoms with Crippen molar-refractivity contribution in [1.82, 2.24) is 10.4 Å². The van der Waals surface area contributed by atoms with Crippen molar-refractivity contribution < 1.29 is 0 Å². The highest BCUT2D eigenvalue weighted by molar-refractivity contribution is 5.84. The van der Waals surface area contributed by atoms with Crippen LogP contribution in [0.15, 0.2) is 36.5 Å². The third-order valence-electron chi connectivity index (χ3n) is 2.81. The van der Waals surface area contributed by atoms with Gasteiger partial charge in [0.15, 0.2) is 0 Å². The molecule has 0 aliphatic rings. The molecular formula is C14H15N3. The van der Waals surface area contributed by atoms with Gasteiger partial charge in [0.25, 0.3) is 0 Å². The van der Waals surface area contributed by atoms with Crippen LogP contribution in [0.2, 0.25) is 0 Å². The smallest absolute Gasteiger partial charge is 0.0665 e. The molecule has 2 rings (SSSR count). The first kappa shape index (κ1) is 11.6. The molecule has 1 atom stereocenters. The molecule has 17 heavy (non-hydrogen) atoms. The topological polar surface area (TPSA) is 50.9 Å². The molecule has 0 aliphatic heterocycles. The summed E-state index contributed by atoms with van der Waals surface area (Å²) >= 11 is 0. The van der Waals surface area contributed by atoms with Crippen molar-refractivity contribution in [3.63, 3.8) is 0 Å². The first-order valence-electron chi connectivity index (χ1n) is 5.60. The molecule has 0 radical (unpaired) electrons. The summed E-state index contributed by atoms with van der Waals surface area (Å²) in [5.74, 6) is 8.20. The second-order valence-corrected chi connectivity index (χ2v) is 3.88. The minimum atomic E-state index is -0.00264. The summed E-state index contributed by atoms with van der Waals surface area (Å²) in [7, 11) is 0. The van der Waals surface area contributed by atoms with Gasteiger partial charge in [-0.25, -0.2) is 0 Å². The van der Waals surface area contributed by atoms with Crippen LogP contribution in [0.3, 0.4) is 0 Å². The maximum Gasteiger partial charge on any atom is 0.0665 e. The van der Waals surface area contributed by atoms with Gasteiger partial charge in [-0.15, -0.1) is 12.3 Å². The summed E-state index contributed by atoms with van der Waals surface area (Å²) in [6, 6.07) is 10.1. The van der Waals surface area contributed by atoms with Gasteiger partial charge in [0.2, 0.25) is 0 Å². The lowest BCUT2D eigenvalue weighted by atomic mass is 10.0. The third kappa shape index (κ3) is 2.44. The van der Waals surface area contributed by atoms with Crippen molar-refractivity contribution >= 4 is 10.8 Å². The van der Waals surface area contributed by atoms with E-state index in [4.69, 9.17) is 12.3 Å². The number of nitrogens with zero attached hydrogens (tertiary/aromatic N) is 1. The monoisotopic (exact) mass is 225 g/mol. The van der Waals surface area contributed by atoms with Gasteiger partial charge in [-0.1, -0.05) is 24.3 Å². The Hall–Kier alpha value is -1.89. The van der Waals surface area contributed by atoms with Crippen LogP contribution in [0, 0.1) is 12.3 Å². The van der Waals surface area contributed by atoms with Crippen molar-refractivity contribution in [3.05, 3.63) is 42.2 Å². The van der Waals surface area contributed by atoms with Crippen LogP contribution in [-0.2, 0) is 0 Å². The van der Waals surface area contributed by atoms with Crippen molar-refractivity contribution in [2.75, 3.05) is 0 Å². The maximum atomic E-state index is 5.58. The zero-order valence-electron chi connectivity index (χ0n) is 9.56. The second kappa shape index (κ2) is 5.44. The number of hydrogen-bond acceptors (Lipinski definition) is 3. The van der Waals surface area contributed by atoms with E-state index in [-0.39, 0.29) is 6.04 Å². The van der Waals surface area contributed by atoms with Crippen molar-refractivity contribution in [2.45, 2.75) is 18.9 Å². The van der Waals surface area contributed by atoms with Crippen molar-refractivity contribution in [3.8, 4) is 12.3 Å². The van der Waals surface area contributed by atoms with Crippen LogP contribution in [0.1, 0.15) is 24.6 Å². The van der Waals surface area contributed by atoms with E-state index in [9.17, 15) is 0 Å². The molecule has 2 aromatic rings. The molecule has 3 heteroatoms. The largest absolute Gasteiger partial charge is 0.271 e. The number of pyridine rings is 1. The molecular weight excluding hydrogens is 210 g/mol. The molecule has 0 saturated carbocycles. The van der Waals surface area contributed by atoms with Crippen molar-refractivity contribution in [1.29, 1.82) is 0 Å². The van der Waals surface area contributed by atoms with Crippen LogP contribution >= 0.6 is 0 Å². The summed E-state index contributed by atoms with van der Waals surface area (Å²) in [4.78, 5) is 4.42. The Morgan fingerprint density at radius 3 is 2.94 bits per heavy atom. The van der Waals surface area contributed by atoms with Crippen LogP contribution in [0.25, 0.3) is 10.8 Å². The Morgan fingerprint density at radius 2 is 2.18 bits per heavy atom. The number of hydrogen-bond donors (Lipinski definition) is 2. The highest BCUT2D eigenvalue weighted by Gasteiger charge is 2.13. The van der Waals surface area contributed by atoms with Gasteiger partial charge in [-0.2, -0.15) is 0 Å². The first-order valence-corrected chi connectivity index (χ1v) is 5.60. The summed E-state index contributed by atoms with van der Waals surface area (Å²) in [5.41, 5.74) is 3.75. The lowest BCUT2D eigenvalue weighted by molar-refractivity contribution is 0.515. The molecule has 1 aromatic heterocycles. The number of rotatable bonds is 4. The summed E-state index contributed by atoms with van der Waals surface area (Å²) < 4.78 is 0. The number of fused-ring (bicyclic) bond motifs is 1. The van der Waals surface area contributed by atoms with Crippen molar-refractivity contribution in [2.24, 2.45) is 5.84 Å². The van der Waals surface area contributed by atoms with E-state index in [0.717, 1.165) is 17.5 Å². The average Bonchev–Trinajstić information content (AvgIpc) is 2.40. The standard InChI is InChI=1S/C14H15N3/c1-2-3-8-13(17-15)14-12-7-5-4-6-11(12)9-10-16-14/h1,4-7,9-10,13,17H,3,8,15H2. The first-order chi connectivity index (χ1) is 8.36. The lowest BCUT2D eigenvalue weighted by Crippen LogP contribution is -2.28. The predicted octanol–water partition coefficient (Wildman–Crippen LogP) is 2.15. The summed E-state index contributed by atoms with van der Waals surface area (Å²) in [6.45, 7) is 0. The molecule has 3 N–H and O–H groups in total. The average molecular weight is 225 g/mol. The Balaban J connectivity index is 2.43. The molecule has 3 nitrogen and oxygen atoms in total. The lowest BCUT2D eigenvalue weighted by Gasteiger charge is -2.16. The molecule has 0 fully saturated rings. The molecule has 1 heterocycles. The van der Waals surface area contributed by atoms with E-state index in [2.05, 4.69) is 28.5 Å². The Labute approximate surface area is 101 Å². The van der Waals surface area contributed by atoms with Gasteiger partial charge in [0.05, 0.1) is 11.7 Å². The fraction of sp³-hybridized carbons (Fsp3) is 0.214. The molecule has 1 aromatic carbocycles. The summed E-state index contributed by atoms with van der Waals surface area (Å²) in [5, 5.41) is 2.29. The number of benzene rings is 1. The fourth-order valence-corrected chi connectivity index (χ4v) is 1.95. The van der Waals surface area contributed by atoms with Crippen LogP contribution in [0.4, 0.5) is 0 Å². The van der Waals surface area contributed by atoms with Gasteiger partial charge in [0.1, 0.15) is 0 Å². The van der Waals surface area contributed by atoms with Gasteiger partial charge >= 0.3 is 0 Å². The molecule has 86 valence electrons. The fourth-order valence-electron chi connectivity index (χ4n) is 1.95. The minimum absolute atomic E-state index is 0.00264. The van der Waals surface area contributed by atoms with Crippen LogP contribution < -0.4 is 11.3 Å². The Morgan fingerprint density at radius 1 is 1.35 bits per heavy atom.